The fourth-order valence-electron chi connectivity index (χ4n) is 4.02. The van der Waals surface area contributed by atoms with E-state index >= 15 is 0 Å². The van der Waals surface area contributed by atoms with Crippen molar-refractivity contribution in [1.82, 2.24) is 9.91 Å². The van der Waals surface area contributed by atoms with E-state index in [2.05, 4.69) is 4.90 Å². The number of carbonyl (C=O) groups is 1. The number of hydrazone groups is 1. The van der Waals surface area contributed by atoms with Crippen molar-refractivity contribution in [3.05, 3.63) is 59.7 Å². The minimum Gasteiger partial charge on any atom is -0.496 e. The molecule has 31 heavy (non-hydrogen) atoms. The summed E-state index contributed by atoms with van der Waals surface area (Å²) < 4.78 is 16.5. The summed E-state index contributed by atoms with van der Waals surface area (Å²) in [5, 5.41) is 6.43. The summed E-state index contributed by atoms with van der Waals surface area (Å²) in [4.78, 5) is 15.4. The lowest BCUT2D eigenvalue weighted by atomic mass is 9.98. The third-order valence-electron chi connectivity index (χ3n) is 5.62. The molecule has 7 nitrogen and oxygen atoms in total. The standard InChI is InChI=1S/C24H29N3O4/c1-3-31-19-10-8-18(9-11-19)22-16-21(20-6-4-5-7-23(20)29-2)25-27(22)24(28)17-26-12-14-30-15-13-26/h4-11,22H,3,12-17H2,1-2H3. The highest BCUT2D eigenvalue weighted by Gasteiger charge is 2.34. The van der Waals surface area contributed by atoms with Crippen molar-refractivity contribution in [3.63, 3.8) is 0 Å². The zero-order valence-electron chi connectivity index (χ0n) is 18.1. The Morgan fingerprint density at radius 3 is 2.58 bits per heavy atom. The van der Waals surface area contributed by atoms with Gasteiger partial charge in [0.25, 0.3) is 5.91 Å². The molecule has 0 spiro atoms. The normalized spacial score (nSPS) is 19.2. The number of rotatable bonds is 7. The van der Waals surface area contributed by atoms with E-state index in [4.69, 9.17) is 19.3 Å². The van der Waals surface area contributed by atoms with Crippen LogP contribution in [0.2, 0.25) is 0 Å². The summed E-state index contributed by atoms with van der Waals surface area (Å²) in [6.07, 6.45) is 0.628. The Bertz CT molecular complexity index is 923. The Morgan fingerprint density at radius 1 is 1.13 bits per heavy atom. The number of benzene rings is 2. The molecule has 7 heteroatoms. The van der Waals surface area contributed by atoms with Crippen molar-refractivity contribution in [1.29, 1.82) is 0 Å². The van der Waals surface area contributed by atoms with Crippen molar-refractivity contribution in [2.75, 3.05) is 46.6 Å². The van der Waals surface area contributed by atoms with Crippen LogP contribution in [0.3, 0.4) is 0 Å². The van der Waals surface area contributed by atoms with Gasteiger partial charge >= 0.3 is 0 Å². The van der Waals surface area contributed by atoms with Crippen LogP contribution in [0.4, 0.5) is 0 Å². The van der Waals surface area contributed by atoms with Crippen LogP contribution in [0.15, 0.2) is 53.6 Å². The minimum atomic E-state index is -0.163. The maximum atomic E-state index is 13.3. The minimum absolute atomic E-state index is 0.00863. The van der Waals surface area contributed by atoms with Gasteiger partial charge in [-0.3, -0.25) is 9.69 Å². The van der Waals surface area contributed by atoms with Crippen molar-refractivity contribution in [2.45, 2.75) is 19.4 Å². The molecule has 0 saturated carbocycles. The molecule has 2 aliphatic rings. The van der Waals surface area contributed by atoms with E-state index in [1.165, 1.54) is 0 Å². The number of para-hydroxylation sites is 1. The van der Waals surface area contributed by atoms with Gasteiger partial charge in [-0.2, -0.15) is 5.10 Å². The van der Waals surface area contributed by atoms with Crippen molar-refractivity contribution >= 4 is 11.6 Å². The second-order valence-electron chi connectivity index (χ2n) is 7.60. The molecule has 2 aromatic carbocycles. The van der Waals surface area contributed by atoms with Crippen LogP contribution in [-0.4, -0.2) is 68.1 Å². The van der Waals surface area contributed by atoms with Crippen LogP contribution >= 0.6 is 0 Å². The quantitative estimate of drug-likeness (QED) is 0.685. The lowest BCUT2D eigenvalue weighted by molar-refractivity contribution is -0.135. The molecule has 1 fully saturated rings. The van der Waals surface area contributed by atoms with Gasteiger partial charge in [0.2, 0.25) is 0 Å². The summed E-state index contributed by atoms with van der Waals surface area (Å²) in [5.74, 6) is 1.57. The first-order chi connectivity index (χ1) is 15.2. The Balaban J connectivity index is 1.61. The highest BCUT2D eigenvalue weighted by molar-refractivity contribution is 6.05. The molecule has 4 rings (SSSR count). The summed E-state index contributed by atoms with van der Waals surface area (Å²) in [6, 6.07) is 15.6. The molecule has 1 amide bonds. The first kappa shape index (κ1) is 21.3. The summed E-state index contributed by atoms with van der Waals surface area (Å²) in [7, 11) is 1.65. The highest BCUT2D eigenvalue weighted by atomic mass is 16.5. The predicted molar refractivity (Wildman–Crippen MR) is 119 cm³/mol. The summed E-state index contributed by atoms with van der Waals surface area (Å²) in [6.45, 7) is 5.75. The van der Waals surface area contributed by atoms with Gasteiger partial charge in [-0.25, -0.2) is 5.01 Å². The fourth-order valence-corrected chi connectivity index (χ4v) is 4.02. The van der Waals surface area contributed by atoms with Crippen LogP contribution in [-0.2, 0) is 9.53 Å². The maximum absolute atomic E-state index is 13.3. The van der Waals surface area contributed by atoms with Crippen molar-refractivity contribution in [3.8, 4) is 11.5 Å². The van der Waals surface area contributed by atoms with E-state index in [0.717, 1.165) is 41.4 Å². The highest BCUT2D eigenvalue weighted by Crippen LogP contribution is 2.35. The number of methoxy groups -OCH3 is 1. The summed E-state index contributed by atoms with van der Waals surface area (Å²) in [5.41, 5.74) is 2.81. The van der Waals surface area contributed by atoms with E-state index < -0.39 is 0 Å². The second-order valence-corrected chi connectivity index (χ2v) is 7.60. The molecule has 2 aromatic rings. The van der Waals surface area contributed by atoms with Crippen LogP contribution in [0.25, 0.3) is 0 Å². The van der Waals surface area contributed by atoms with E-state index in [9.17, 15) is 4.79 Å². The first-order valence-electron chi connectivity index (χ1n) is 10.8. The maximum Gasteiger partial charge on any atom is 0.257 e. The number of morpholine rings is 1. The average Bonchev–Trinajstić information content (AvgIpc) is 3.26. The van der Waals surface area contributed by atoms with Gasteiger partial charge in [-0.05, 0) is 36.8 Å². The third-order valence-corrected chi connectivity index (χ3v) is 5.62. The number of ether oxygens (including phenoxy) is 3. The molecule has 1 saturated heterocycles. The molecule has 0 aliphatic carbocycles. The third kappa shape index (κ3) is 4.89. The molecule has 0 bridgehead atoms. The van der Waals surface area contributed by atoms with Gasteiger partial charge in [-0.1, -0.05) is 24.3 Å². The molecule has 2 heterocycles. The molecule has 0 aromatic heterocycles. The number of amides is 1. The Labute approximate surface area is 183 Å². The Morgan fingerprint density at radius 2 is 1.87 bits per heavy atom. The van der Waals surface area contributed by atoms with E-state index in [-0.39, 0.29) is 11.9 Å². The van der Waals surface area contributed by atoms with Crippen LogP contribution in [0.1, 0.15) is 30.5 Å². The molecular weight excluding hydrogens is 394 g/mol. The van der Waals surface area contributed by atoms with E-state index in [1.807, 2.05) is 55.5 Å². The van der Waals surface area contributed by atoms with Gasteiger partial charge < -0.3 is 14.2 Å². The Kier molecular flexibility index (Phi) is 6.84. The second kappa shape index (κ2) is 9.94. The smallest absolute Gasteiger partial charge is 0.257 e. The van der Waals surface area contributed by atoms with Crippen LogP contribution in [0.5, 0.6) is 11.5 Å². The first-order valence-corrected chi connectivity index (χ1v) is 10.8. The molecule has 1 atom stereocenters. The van der Waals surface area contributed by atoms with E-state index in [1.54, 1.807) is 12.1 Å². The average molecular weight is 424 g/mol. The molecular formula is C24H29N3O4. The molecule has 1 unspecified atom stereocenters. The topological polar surface area (TPSA) is 63.6 Å². The fraction of sp³-hybridized carbons (Fsp3) is 0.417. The number of hydrogen-bond donors (Lipinski definition) is 0. The Hall–Kier alpha value is -2.90. The number of carbonyl (C=O) groups excluding carboxylic acids is 1. The van der Waals surface area contributed by atoms with Gasteiger partial charge in [-0.15, -0.1) is 0 Å². The van der Waals surface area contributed by atoms with Crippen molar-refractivity contribution in [2.24, 2.45) is 5.10 Å². The largest absolute Gasteiger partial charge is 0.496 e. The van der Waals surface area contributed by atoms with Gasteiger partial charge in [0.1, 0.15) is 11.5 Å². The van der Waals surface area contributed by atoms with Crippen LogP contribution in [0, 0.1) is 0 Å². The number of nitrogens with zero attached hydrogens (tertiary/aromatic N) is 3. The monoisotopic (exact) mass is 423 g/mol. The molecule has 0 radical (unpaired) electrons. The SMILES string of the molecule is CCOc1ccc(C2CC(c3ccccc3OC)=NN2C(=O)CN2CCOCC2)cc1. The van der Waals surface area contributed by atoms with Crippen LogP contribution < -0.4 is 9.47 Å². The van der Waals surface area contributed by atoms with E-state index in [0.29, 0.717) is 32.8 Å². The molecule has 0 N–H and O–H groups in total. The molecule has 2 aliphatic heterocycles. The van der Waals surface area contributed by atoms with Gasteiger partial charge in [0.15, 0.2) is 0 Å². The van der Waals surface area contributed by atoms with Gasteiger partial charge in [0.05, 0.1) is 45.2 Å². The lowest BCUT2D eigenvalue weighted by Crippen LogP contribution is -2.43. The van der Waals surface area contributed by atoms with Gasteiger partial charge in [0, 0.05) is 25.1 Å². The zero-order chi connectivity index (χ0) is 21.6. The van der Waals surface area contributed by atoms with Crippen molar-refractivity contribution < 1.29 is 19.0 Å². The molecule has 164 valence electrons. The lowest BCUT2D eigenvalue weighted by Gasteiger charge is -2.29. The summed E-state index contributed by atoms with van der Waals surface area (Å²) >= 11 is 0. The number of hydrogen-bond acceptors (Lipinski definition) is 6. The predicted octanol–water partition coefficient (Wildman–Crippen LogP) is 3.10. The zero-order valence-corrected chi connectivity index (χ0v) is 18.1.